The molecule has 96 valence electrons. The van der Waals surface area contributed by atoms with Gasteiger partial charge in [-0.3, -0.25) is 9.69 Å². The quantitative estimate of drug-likeness (QED) is 0.828. The van der Waals surface area contributed by atoms with Crippen molar-refractivity contribution < 1.29 is 4.79 Å². The summed E-state index contributed by atoms with van der Waals surface area (Å²) in [5, 5.41) is 0. The minimum atomic E-state index is -0.347. The Balaban J connectivity index is 2.94. The van der Waals surface area contributed by atoms with Crippen LogP contribution in [0.2, 0.25) is 4.34 Å². The Labute approximate surface area is 111 Å². The number of hydrogen-bond donors (Lipinski definition) is 2. The highest BCUT2D eigenvalue weighted by Crippen LogP contribution is 2.31. The Bertz CT molecular complexity index is 381. The summed E-state index contributed by atoms with van der Waals surface area (Å²) in [6.45, 7) is 4.82. The van der Waals surface area contributed by atoms with E-state index in [1.54, 1.807) is 0 Å². The highest BCUT2D eigenvalue weighted by molar-refractivity contribution is 7.16. The van der Waals surface area contributed by atoms with Crippen LogP contribution in [-0.4, -0.2) is 29.9 Å². The third-order valence-electron chi connectivity index (χ3n) is 2.54. The maximum absolute atomic E-state index is 11.0. The summed E-state index contributed by atoms with van der Waals surface area (Å²) in [6.07, 6.45) is 0. The number of carbonyl (C=O) groups excluding carboxylic acids is 1. The fraction of sp³-hybridized carbons (Fsp3) is 0.545. The first-order chi connectivity index (χ1) is 7.95. The van der Waals surface area contributed by atoms with Crippen LogP contribution in [0.15, 0.2) is 12.1 Å². The van der Waals surface area contributed by atoms with Crippen LogP contribution in [0.5, 0.6) is 0 Å². The van der Waals surface area contributed by atoms with E-state index in [-0.39, 0.29) is 24.5 Å². The summed E-state index contributed by atoms with van der Waals surface area (Å²) >= 11 is 7.42. The van der Waals surface area contributed by atoms with Gasteiger partial charge in [0.05, 0.1) is 16.9 Å². The number of amides is 1. The molecule has 0 spiro atoms. The molecule has 6 heteroatoms. The average Bonchev–Trinajstić information content (AvgIpc) is 2.62. The normalized spacial score (nSPS) is 14.9. The molecule has 1 aromatic heterocycles. The van der Waals surface area contributed by atoms with E-state index in [1.807, 2.05) is 30.9 Å². The van der Waals surface area contributed by atoms with E-state index in [4.69, 9.17) is 23.1 Å². The van der Waals surface area contributed by atoms with E-state index < -0.39 is 0 Å². The number of nitrogens with two attached hydrogens (primary N) is 2. The average molecular weight is 276 g/mol. The molecule has 0 aliphatic heterocycles. The summed E-state index contributed by atoms with van der Waals surface area (Å²) < 4.78 is 0.723. The third-order valence-corrected chi connectivity index (χ3v) is 3.84. The second-order valence-electron chi connectivity index (χ2n) is 3.98. The Morgan fingerprint density at radius 1 is 1.59 bits per heavy atom. The molecule has 0 radical (unpaired) electrons. The SMILES string of the molecule is CCN(CC(N)=O)C(c1ccc(Cl)s1)C(C)N. The van der Waals surface area contributed by atoms with Gasteiger partial charge in [-0.1, -0.05) is 18.5 Å². The highest BCUT2D eigenvalue weighted by Gasteiger charge is 2.25. The third kappa shape index (κ3) is 3.96. The van der Waals surface area contributed by atoms with E-state index in [0.29, 0.717) is 6.54 Å². The van der Waals surface area contributed by atoms with Gasteiger partial charge in [0.15, 0.2) is 0 Å². The van der Waals surface area contributed by atoms with E-state index >= 15 is 0 Å². The molecule has 0 saturated carbocycles. The molecular formula is C11H18ClN3OS. The summed E-state index contributed by atoms with van der Waals surface area (Å²) in [5.74, 6) is -0.347. The minimum Gasteiger partial charge on any atom is -0.369 e. The second-order valence-corrected chi connectivity index (χ2v) is 5.72. The van der Waals surface area contributed by atoms with Gasteiger partial charge in [-0.05, 0) is 25.6 Å². The first-order valence-electron chi connectivity index (χ1n) is 5.48. The summed E-state index contributed by atoms with van der Waals surface area (Å²) in [6, 6.07) is 3.67. The van der Waals surface area contributed by atoms with Gasteiger partial charge in [-0.2, -0.15) is 0 Å². The Morgan fingerprint density at radius 2 is 2.24 bits per heavy atom. The van der Waals surface area contributed by atoms with Crippen LogP contribution >= 0.6 is 22.9 Å². The van der Waals surface area contributed by atoms with Crippen LogP contribution in [-0.2, 0) is 4.79 Å². The predicted octanol–water partition coefficient (Wildman–Crippen LogP) is 1.60. The smallest absolute Gasteiger partial charge is 0.231 e. The van der Waals surface area contributed by atoms with Gasteiger partial charge >= 0.3 is 0 Å². The van der Waals surface area contributed by atoms with Crippen LogP contribution in [0.3, 0.4) is 0 Å². The van der Waals surface area contributed by atoms with Gasteiger partial charge in [-0.25, -0.2) is 0 Å². The number of nitrogens with zero attached hydrogens (tertiary/aromatic N) is 1. The van der Waals surface area contributed by atoms with Gasteiger partial charge in [0.2, 0.25) is 5.91 Å². The van der Waals surface area contributed by atoms with Crippen molar-refractivity contribution in [1.29, 1.82) is 0 Å². The molecule has 0 saturated heterocycles. The molecule has 0 bridgehead atoms. The van der Waals surface area contributed by atoms with E-state index in [0.717, 1.165) is 9.21 Å². The van der Waals surface area contributed by atoms with Crippen molar-refractivity contribution in [2.24, 2.45) is 11.5 Å². The van der Waals surface area contributed by atoms with Crippen molar-refractivity contribution in [2.75, 3.05) is 13.1 Å². The zero-order chi connectivity index (χ0) is 13.0. The lowest BCUT2D eigenvalue weighted by Crippen LogP contribution is -2.43. The molecule has 0 aliphatic rings. The fourth-order valence-electron chi connectivity index (χ4n) is 1.87. The van der Waals surface area contributed by atoms with Gasteiger partial charge in [0.1, 0.15) is 0 Å². The molecule has 4 nitrogen and oxygen atoms in total. The van der Waals surface area contributed by atoms with Crippen LogP contribution in [0.25, 0.3) is 0 Å². The lowest BCUT2D eigenvalue weighted by atomic mass is 10.1. The van der Waals surface area contributed by atoms with Gasteiger partial charge in [0.25, 0.3) is 0 Å². The van der Waals surface area contributed by atoms with E-state index in [9.17, 15) is 4.79 Å². The van der Waals surface area contributed by atoms with Gasteiger partial charge in [0, 0.05) is 10.9 Å². The maximum atomic E-state index is 11.0. The number of likely N-dealkylation sites (N-methyl/N-ethyl adjacent to an activating group) is 1. The lowest BCUT2D eigenvalue weighted by Gasteiger charge is -2.31. The zero-order valence-electron chi connectivity index (χ0n) is 10.0. The molecule has 0 fully saturated rings. The van der Waals surface area contributed by atoms with Crippen molar-refractivity contribution in [3.63, 3.8) is 0 Å². The molecular weight excluding hydrogens is 258 g/mol. The summed E-state index contributed by atoms with van der Waals surface area (Å²) in [5.41, 5.74) is 11.2. The summed E-state index contributed by atoms with van der Waals surface area (Å²) in [4.78, 5) is 14.1. The molecule has 4 N–H and O–H groups in total. The van der Waals surface area contributed by atoms with Crippen LogP contribution < -0.4 is 11.5 Å². The molecule has 1 heterocycles. The predicted molar refractivity (Wildman–Crippen MR) is 72.2 cm³/mol. The number of rotatable bonds is 6. The maximum Gasteiger partial charge on any atom is 0.231 e. The molecule has 0 aromatic carbocycles. The van der Waals surface area contributed by atoms with E-state index in [2.05, 4.69) is 0 Å². The molecule has 0 aliphatic carbocycles. The highest BCUT2D eigenvalue weighted by atomic mass is 35.5. The van der Waals surface area contributed by atoms with Gasteiger partial charge < -0.3 is 11.5 Å². The number of primary amides is 1. The minimum absolute atomic E-state index is 0.0231. The Morgan fingerprint density at radius 3 is 2.59 bits per heavy atom. The molecule has 1 aromatic rings. The summed E-state index contributed by atoms with van der Waals surface area (Å²) in [7, 11) is 0. The monoisotopic (exact) mass is 275 g/mol. The topological polar surface area (TPSA) is 72.3 Å². The first kappa shape index (κ1) is 14.4. The standard InChI is InChI=1S/C11H18ClN3OS/c1-3-15(6-10(14)16)11(7(2)13)8-4-5-9(12)17-8/h4-5,7,11H,3,6,13H2,1-2H3,(H2,14,16). The Kier molecular flexibility index (Phi) is 5.39. The van der Waals surface area contributed by atoms with Crippen molar-refractivity contribution in [2.45, 2.75) is 25.9 Å². The van der Waals surface area contributed by atoms with Crippen LogP contribution in [0, 0.1) is 0 Å². The largest absolute Gasteiger partial charge is 0.369 e. The molecule has 1 amide bonds. The first-order valence-corrected chi connectivity index (χ1v) is 6.68. The number of carbonyl (C=O) groups is 1. The lowest BCUT2D eigenvalue weighted by molar-refractivity contribution is -0.119. The number of hydrogen-bond acceptors (Lipinski definition) is 4. The second kappa shape index (κ2) is 6.35. The van der Waals surface area contributed by atoms with Crippen molar-refractivity contribution >= 4 is 28.8 Å². The molecule has 1 rings (SSSR count). The number of halogens is 1. The molecule has 2 unspecified atom stereocenters. The molecule has 2 atom stereocenters. The van der Waals surface area contributed by atoms with Crippen LogP contribution in [0.4, 0.5) is 0 Å². The Hall–Kier alpha value is -0.620. The van der Waals surface area contributed by atoms with Gasteiger partial charge in [-0.15, -0.1) is 11.3 Å². The van der Waals surface area contributed by atoms with E-state index in [1.165, 1.54) is 11.3 Å². The zero-order valence-corrected chi connectivity index (χ0v) is 11.6. The number of thiophene rings is 1. The van der Waals surface area contributed by atoms with Crippen molar-refractivity contribution in [1.82, 2.24) is 4.90 Å². The van der Waals surface area contributed by atoms with Crippen molar-refractivity contribution in [3.8, 4) is 0 Å². The van der Waals surface area contributed by atoms with Crippen LogP contribution in [0.1, 0.15) is 24.8 Å². The van der Waals surface area contributed by atoms with Crippen molar-refractivity contribution in [3.05, 3.63) is 21.3 Å². The molecule has 17 heavy (non-hydrogen) atoms. The fourth-order valence-corrected chi connectivity index (χ4v) is 3.18.